The maximum absolute atomic E-state index is 12.7. The van der Waals surface area contributed by atoms with Crippen molar-refractivity contribution in [3.05, 3.63) is 61.1 Å². The number of thiophene rings is 1. The highest BCUT2D eigenvalue weighted by Gasteiger charge is 2.16. The molecule has 0 spiro atoms. The highest BCUT2D eigenvalue weighted by atomic mass is 79.9. The molecule has 0 aliphatic carbocycles. The largest absolute Gasteiger partial charge is 0.493 e. The Kier molecular flexibility index (Phi) is 6.29. The summed E-state index contributed by atoms with van der Waals surface area (Å²) in [5, 5.41) is 3.94. The molecule has 3 aromatic rings. The average molecular weight is 453 g/mol. The van der Waals surface area contributed by atoms with E-state index in [0.29, 0.717) is 30.2 Å². The Morgan fingerprint density at radius 3 is 2.77 bits per heavy atom. The molecule has 0 fully saturated rings. The lowest BCUT2D eigenvalue weighted by Crippen LogP contribution is -2.25. The molecule has 0 saturated heterocycles. The van der Waals surface area contributed by atoms with E-state index in [2.05, 4.69) is 20.9 Å². The molecule has 0 aliphatic heterocycles. The zero-order chi connectivity index (χ0) is 18.5. The molecule has 8 heteroatoms. The van der Waals surface area contributed by atoms with Crippen molar-refractivity contribution in [2.24, 2.45) is 0 Å². The minimum atomic E-state index is -0.0705. The summed E-state index contributed by atoms with van der Waals surface area (Å²) in [5.74, 6) is 1.04. The SMILES string of the molecule is COc1cc(C(=O)N(C)Cc2cc(Br)cs2)ccc1OCc1cscn1. The van der Waals surface area contributed by atoms with Gasteiger partial charge in [-0.2, -0.15) is 0 Å². The van der Waals surface area contributed by atoms with Crippen molar-refractivity contribution in [3.8, 4) is 11.5 Å². The van der Waals surface area contributed by atoms with Crippen molar-refractivity contribution < 1.29 is 14.3 Å². The van der Waals surface area contributed by atoms with Crippen LogP contribution >= 0.6 is 38.6 Å². The molecule has 1 aromatic carbocycles. The molecule has 26 heavy (non-hydrogen) atoms. The van der Waals surface area contributed by atoms with Crippen molar-refractivity contribution in [1.29, 1.82) is 0 Å². The van der Waals surface area contributed by atoms with Gasteiger partial charge in [0, 0.05) is 32.7 Å². The van der Waals surface area contributed by atoms with Gasteiger partial charge in [-0.3, -0.25) is 4.79 Å². The second-order valence-corrected chi connectivity index (χ2v) is 8.16. The first kappa shape index (κ1) is 18.9. The number of halogens is 1. The summed E-state index contributed by atoms with van der Waals surface area (Å²) in [7, 11) is 3.35. The lowest BCUT2D eigenvalue weighted by Gasteiger charge is -2.17. The summed E-state index contributed by atoms with van der Waals surface area (Å²) in [5.41, 5.74) is 3.18. The predicted octanol–water partition coefficient (Wildman–Crippen LogP) is 4.83. The summed E-state index contributed by atoms with van der Waals surface area (Å²) in [6.45, 7) is 0.916. The van der Waals surface area contributed by atoms with Gasteiger partial charge in [-0.15, -0.1) is 22.7 Å². The monoisotopic (exact) mass is 452 g/mol. The lowest BCUT2D eigenvalue weighted by molar-refractivity contribution is 0.0786. The fourth-order valence-corrected chi connectivity index (χ4v) is 4.39. The molecule has 2 heterocycles. The van der Waals surface area contributed by atoms with Gasteiger partial charge in [0.2, 0.25) is 0 Å². The number of thiazole rings is 1. The third-order valence-electron chi connectivity index (χ3n) is 3.63. The van der Waals surface area contributed by atoms with Gasteiger partial charge in [-0.1, -0.05) is 0 Å². The number of rotatable bonds is 7. The minimum absolute atomic E-state index is 0.0705. The van der Waals surface area contributed by atoms with Crippen LogP contribution < -0.4 is 9.47 Å². The van der Waals surface area contributed by atoms with Crippen LogP contribution in [0.25, 0.3) is 0 Å². The molecule has 0 bridgehead atoms. The number of carbonyl (C=O) groups excluding carboxylic acids is 1. The van der Waals surface area contributed by atoms with Gasteiger partial charge in [-0.25, -0.2) is 4.98 Å². The first-order valence-corrected chi connectivity index (χ1v) is 10.3. The first-order valence-electron chi connectivity index (χ1n) is 7.73. The van der Waals surface area contributed by atoms with Gasteiger partial charge >= 0.3 is 0 Å². The molecule has 0 atom stereocenters. The van der Waals surface area contributed by atoms with Crippen LogP contribution in [-0.2, 0) is 13.2 Å². The molecule has 2 aromatic heterocycles. The number of methoxy groups -OCH3 is 1. The summed E-state index contributed by atoms with van der Waals surface area (Å²) in [6, 6.07) is 7.24. The van der Waals surface area contributed by atoms with Crippen LogP contribution in [0.2, 0.25) is 0 Å². The molecular formula is C18H17BrN2O3S2. The van der Waals surface area contributed by atoms with E-state index in [4.69, 9.17) is 9.47 Å². The molecule has 0 saturated carbocycles. The number of carbonyl (C=O) groups is 1. The van der Waals surface area contributed by atoms with E-state index in [9.17, 15) is 4.79 Å². The van der Waals surface area contributed by atoms with E-state index in [1.54, 1.807) is 54.1 Å². The molecular weight excluding hydrogens is 436 g/mol. The number of hydrogen-bond donors (Lipinski definition) is 0. The first-order chi connectivity index (χ1) is 12.6. The second-order valence-electron chi connectivity index (χ2n) is 5.53. The van der Waals surface area contributed by atoms with Gasteiger partial charge in [-0.05, 0) is 40.2 Å². The molecule has 0 radical (unpaired) electrons. The standard InChI is InChI=1S/C18H17BrN2O3S2/c1-21(7-15-6-13(19)9-26-15)18(22)12-3-4-16(17(5-12)23-2)24-8-14-10-25-11-20-14/h3-6,9-11H,7-8H2,1-2H3. The van der Waals surface area contributed by atoms with Crippen LogP contribution in [0.5, 0.6) is 11.5 Å². The van der Waals surface area contributed by atoms with Crippen molar-refractivity contribution in [3.63, 3.8) is 0 Å². The van der Waals surface area contributed by atoms with Crippen LogP contribution in [0.3, 0.4) is 0 Å². The Morgan fingerprint density at radius 2 is 2.12 bits per heavy atom. The van der Waals surface area contributed by atoms with Gasteiger partial charge in [0.15, 0.2) is 11.5 Å². The Labute approximate surface area is 168 Å². The molecule has 3 rings (SSSR count). The number of amides is 1. The normalized spacial score (nSPS) is 10.6. The average Bonchev–Trinajstić information content (AvgIpc) is 3.30. The molecule has 0 unspecified atom stereocenters. The Balaban J connectivity index is 1.69. The van der Waals surface area contributed by atoms with Crippen molar-refractivity contribution in [1.82, 2.24) is 9.88 Å². The number of hydrogen-bond acceptors (Lipinski definition) is 6. The van der Waals surface area contributed by atoms with Crippen molar-refractivity contribution in [2.45, 2.75) is 13.2 Å². The number of ether oxygens (including phenoxy) is 2. The molecule has 1 amide bonds. The Hall–Kier alpha value is -1.90. The maximum atomic E-state index is 12.7. The smallest absolute Gasteiger partial charge is 0.254 e. The van der Waals surface area contributed by atoms with Crippen LogP contribution in [0, 0.1) is 0 Å². The van der Waals surface area contributed by atoms with Gasteiger partial charge in [0.1, 0.15) is 6.61 Å². The van der Waals surface area contributed by atoms with Gasteiger partial charge < -0.3 is 14.4 Å². The predicted molar refractivity (Wildman–Crippen MR) is 107 cm³/mol. The maximum Gasteiger partial charge on any atom is 0.254 e. The van der Waals surface area contributed by atoms with Crippen LogP contribution in [0.15, 0.2) is 45.0 Å². The van der Waals surface area contributed by atoms with E-state index in [-0.39, 0.29) is 5.91 Å². The van der Waals surface area contributed by atoms with Crippen molar-refractivity contribution in [2.75, 3.05) is 14.2 Å². The number of benzene rings is 1. The van der Waals surface area contributed by atoms with Gasteiger partial charge in [0.25, 0.3) is 5.91 Å². The molecule has 5 nitrogen and oxygen atoms in total. The van der Waals surface area contributed by atoms with Crippen molar-refractivity contribution >= 4 is 44.5 Å². The number of aromatic nitrogens is 1. The van der Waals surface area contributed by atoms with E-state index in [0.717, 1.165) is 15.0 Å². The molecule has 136 valence electrons. The fraction of sp³-hybridized carbons (Fsp3) is 0.222. The third-order valence-corrected chi connectivity index (χ3v) is 5.95. The zero-order valence-corrected chi connectivity index (χ0v) is 17.5. The minimum Gasteiger partial charge on any atom is -0.493 e. The van der Waals surface area contributed by atoms with E-state index in [1.807, 2.05) is 16.8 Å². The topological polar surface area (TPSA) is 51.7 Å². The summed E-state index contributed by atoms with van der Waals surface area (Å²) < 4.78 is 12.2. The van der Waals surface area contributed by atoms with E-state index in [1.165, 1.54) is 11.3 Å². The fourth-order valence-electron chi connectivity index (χ4n) is 2.34. The quantitative estimate of drug-likeness (QED) is 0.515. The Morgan fingerprint density at radius 1 is 1.27 bits per heavy atom. The van der Waals surface area contributed by atoms with E-state index >= 15 is 0 Å². The van der Waals surface area contributed by atoms with E-state index < -0.39 is 0 Å². The lowest BCUT2D eigenvalue weighted by atomic mass is 10.1. The summed E-state index contributed by atoms with van der Waals surface area (Å²) in [4.78, 5) is 19.7. The summed E-state index contributed by atoms with van der Waals surface area (Å²) >= 11 is 6.57. The molecule has 0 N–H and O–H groups in total. The van der Waals surface area contributed by atoms with Crippen LogP contribution in [0.4, 0.5) is 0 Å². The number of nitrogens with zero attached hydrogens (tertiary/aromatic N) is 2. The van der Waals surface area contributed by atoms with Crippen LogP contribution in [-0.4, -0.2) is 29.9 Å². The second kappa shape index (κ2) is 8.66. The van der Waals surface area contributed by atoms with Gasteiger partial charge in [0.05, 0.1) is 24.9 Å². The molecule has 0 aliphatic rings. The highest BCUT2D eigenvalue weighted by molar-refractivity contribution is 9.10. The zero-order valence-electron chi connectivity index (χ0n) is 14.3. The third kappa shape index (κ3) is 4.63. The highest BCUT2D eigenvalue weighted by Crippen LogP contribution is 2.29. The summed E-state index contributed by atoms with van der Waals surface area (Å²) in [6.07, 6.45) is 0. The van der Waals surface area contributed by atoms with Crippen LogP contribution in [0.1, 0.15) is 20.9 Å². The Bertz CT molecular complexity index is 880.